The van der Waals surface area contributed by atoms with Crippen molar-refractivity contribution in [1.82, 2.24) is 4.90 Å². The van der Waals surface area contributed by atoms with Crippen molar-refractivity contribution >= 4 is 5.97 Å². The summed E-state index contributed by atoms with van der Waals surface area (Å²) in [5, 5.41) is 23.7. The molecule has 9 fully saturated rings. The maximum absolute atomic E-state index is 13.1. The van der Waals surface area contributed by atoms with Crippen molar-refractivity contribution in [3.8, 4) is 0 Å². The highest BCUT2D eigenvalue weighted by Gasteiger charge is 2.93. The van der Waals surface area contributed by atoms with Gasteiger partial charge in [0.1, 0.15) is 11.8 Å². The highest BCUT2D eigenvalue weighted by Crippen LogP contribution is 2.89. The van der Waals surface area contributed by atoms with Gasteiger partial charge in [0, 0.05) is 41.2 Å². The number of esters is 1. The summed E-state index contributed by atoms with van der Waals surface area (Å²) in [6.45, 7) is 13.4. The maximum Gasteiger partial charge on any atom is 0.311 e. The van der Waals surface area contributed by atoms with E-state index in [9.17, 15) is 15.0 Å². The maximum atomic E-state index is 13.1. The average Bonchev–Trinajstić information content (AvgIpc) is 3.00. The molecule has 2 spiro atoms. The molecule has 5 nitrogen and oxygen atoms in total. The number of fused-ring (bicyclic) bond motifs is 1. The first-order valence-corrected chi connectivity index (χ1v) is 12.0. The monoisotopic (exact) mass is 413 g/mol. The number of aliphatic hydroxyl groups is 2. The third-order valence-corrected chi connectivity index (χ3v) is 11.2. The van der Waals surface area contributed by atoms with E-state index < -0.39 is 17.2 Å². The van der Waals surface area contributed by atoms with Crippen LogP contribution in [0.15, 0.2) is 12.2 Å². The molecule has 2 unspecified atom stereocenters. The van der Waals surface area contributed by atoms with E-state index in [1.807, 2.05) is 20.8 Å². The second-order valence-corrected chi connectivity index (χ2v) is 13.3. The van der Waals surface area contributed by atoms with Gasteiger partial charge in [0.2, 0.25) is 0 Å². The van der Waals surface area contributed by atoms with Crippen LogP contribution in [-0.2, 0) is 9.53 Å². The molecule has 0 aromatic carbocycles. The van der Waals surface area contributed by atoms with Crippen LogP contribution in [0.25, 0.3) is 0 Å². The van der Waals surface area contributed by atoms with E-state index in [4.69, 9.17) is 4.74 Å². The van der Waals surface area contributed by atoms with Crippen LogP contribution in [0.1, 0.15) is 59.8 Å². The topological polar surface area (TPSA) is 70.0 Å². The third kappa shape index (κ3) is 1.52. The van der Waals surface area contributed by atoms with Crippen molar-refractivity contribution < 1.29 is 19.7 Å². The highest BCUT2D eigenvalue weighted by molar-refractivity contribution is 5.75. The van der Waals surface area contributed by atoms with Crippen LogP contribution in [0, 0.1) is 45.3 Å². The predicted molar refractivity (Wildman–Crippen MR) is 110 cm³/mol. The number of ether oxygens (including phenoxy) is 1. The molecule has 0 amide bonds. The normalized spacial score (nSPS) is 63.6. The van der Waals surface area contributed by atoms with E-state index in [0.717, 1.165) is 25.0 Å². The van der Waals surface area contributed by atoms with E-state index in [-0.39, 0.29) is 46.1 Å². The van der Waals surface area contributed by atoms with Crippen LogP contribution in [0.3, 0.4) is 0 Å². The molecule has 5 heteroatoms. The van der Waals surface area contributed by atoms with Gasteiger partial charge < -0.3 is 14.9 Å². The lowest BCUT2D eigenvalue weighted by Crippen LogP contribution is -2.72. The van der Waals surface area contributed by atoms with Crippen molar-refractivity contribution in [2.45, 2.75) is 83.8 Å². The summed E-state index contributed by atoms with van der Waals surface area (Å²) in [7, 11) is 0. The van der Waals surface area contributed by atoms with Crippen LogP contribution >= 0.6 is 0 Å². The lowest BCUT2D eigenvalue weighted by atomic mass is 9.39. The molecule has 164 valence electrons. The molecule has 3 saturated heterocycles. The second-order valence-electron chi connectivity index (χ2n) is 13.3. The molecular formula is C25H35NO4. The van der Waals surface area contributed by atoms with Crippen molar-refractivity contribution in [2.24, 2.45) is 45.3 Å². The molecule has 0 aromatic heterocycles. The van der Waals surface area contributed by atoms with Gasteiger partial charge in [-0.05, 0) is 63.4 Å². The summed E-state index contributed by atoms with van der Waals surface area (Å²) < 4.78 is 6.39. The Morgan fingerprint density at radius 3 is 2.70 bits per heavy atom. The summed E-state index contributed by atoms with van der Waals surface area (Å²) in [4.78, 5) is 15.5. The molecule has 30 heavy (non-hydrogen) atoms. The van der Waals surface area contributed by atoms with E-state index in [0.29, 0.717) is 18.4 Å². The molecule has 3 aliphatic heterocycles. The van der Waals surface area contributed by atoms with Gasteiger partial charge in [-0.1, -0.05) is 19.9 Å². The minimum absolute atomic E-state index is 0.0395. The Labute approximate surface area is 178 Å². The smallest absolute Gasteiger partial charge is 0.311 e. The van der Waals surface area contributed by atoms with Crippen LogP contribution < -0.4 is 0 Å². The fourth-order valence-corrected chi connectivity index (χ4v) is 11.0. The van der Waals surface area contributed by atoms with Crippen molar-refractivity contribution in [3.05, 3.63) is 12.2 Å². The van der Waals surface area contributed by atoms with E-state index >= 15 is 0 Å². The Kier molecular flexibility index (Phi) is 2.93. The Bertz CT molecular complexity index is 909. The number of carbonyl (C=O) groups is 1. The quantitative estimate of drug-likeness (QED) is 0.511. The Morgan fingerprint density at radius 1 is 1.27 bits per heavy atom. The van der Waals surface area contributed by atoms with Gasteiger partial charge in [-0.15, -0.1) is 0 Å². The first-order valence-electron chi connectivity index (χ1n) is 12.0. The zero-order chi connectivity index (χ0) is 21.2. The number of nitrogens with zero attached hydrogens (tertiary/aromatic N) is 1. The van der Waals surface area contributed by atoms with E-state index in [1.54, 1.807) is 0 Å². The van der Waals surface area contributed by atoms with Gasteiger partial charge in [-0.2, -0.15) is 0 Å². The molecule has 9 rings (SSSR count). The van der Waals surface area contributed by atoms with Crippen LogP contribution in [0.4, 0.5) is 0 Å². The largest absolute Gasteiger partial charge is 0.461 e. The lowest BCUT2D eigenvalue weighted by Gasteiger charge is -2.67. The molecule has 2 N–H and O–H groups in total. The molecule has 9 bridgehead atoms. The van der Waals surface area contributed by atoms with Gasteiger partial charge >= 0.3 is 5.97 Å². The second kappa shape index (κ2) is 4.72. The van der Waals surface area contributed by atoms with Gasteiger partial charge in [0.05, 0.1) is 11.5 Å². The SMILES string of the molecule is C=C1[C@H]2C[C@@H]3C4N5C[C@]6(C)CCC[C@@]47[C@@H]6[C@@]5(O)C[C@]3([C@@H]1O)[C@H]7[C@H]2OC(=O)C(C)(C)C. The molecular weight excluding hydrogens is 378 g/mol. The van der Waals surface area contributed by atoms with Crippen molar-refractivity contribution in [1.29, 1.82) is 0 Å². The van der Waals surface area contributed by atoms with Crippen molar-refractivity contribution in [3.63, 3.8) is 0 Å². The number of carbonyl (C=O) groups excluding carboxylic acids is 1. The van der Waals surface area contributed by atoms with Crippen LogP contribution in [-0.4, -0.2) is 51.6 Å². The van der Waals surface area contributed by atoms with Gasteiger partial charge in [0.25, 0.3) is 0 Å². The van der Waals surface area contributed by atoms with Gasteiger partial charge in [-0.25, -0.2) is 0 Å². The minimum Gasteiger partial charge on any atom is -0.461 e. The minimum atomic E-state index is -0.809. The number of aliphatic hydroxyl groups excluding tert-OH is 1. The molecule has 6 aliphatic carbocycles. The molecule has 0 radical (unpaired) electrons. The molecule has 12 atom stereocenters. The predicted octanol–water partition coefficient (Wildman–Crippen LogP) is 2.71. The fraction of sp³-hybridized carbons (Fsp3) is 0.880. The number of rotatable bonds is 1. The van der Waals surface area contributed by atoms with E-state index in [1.165, 1.54) is 12.8 Å². The Hall–Kier alpha value is -0.910. The zero-order valence-electron chi connectivity index (χ0n) is 18.6. The van der Waals surface area contributed by atoms with Gasteiger partial charge in [-0.3, -0.25) is 9.69 Å². The van der Waals surface area contributed by atoms with E-state index in [2.05, 4.69) is 18.4 Å². The lowest BCUT2D eigenvalue weighted by molar-refractivity contribution is -0.276. The fourth-order valence-electron chi connectivity index (χ4n) is 11.0. The number of hydrogen-bond donors (Lipinski definition) is 2. The molecule has 0 aromatic rings. The average molecular weight is 414 g/mol. The molecule has 6 saturated carbocycles. The summed E-state index contributed by atoms with van der Waals surface area (Å²) in [5.74, 6) is 0.647. The summed E-state index contributed by atoms with van der Waals surface area (Å²) >= 11 is 0. The number of piperidine rings is 2. The number of hydrogen-bond acceptors (Lipinski definition) is 5. The summed E-state index contributed by atoms with van der Waals surface area (Å²) in [6, 6.07) is 0.322. The van der Waals surface area contributed by atoms with Crippen molar-refractivity contribution in [2.75, 3.05) is 6.54 Å². The molecule has 3 heterocycles. The Balaban J connectivity index is 1.45. The van der Waals surface area contributed by atoms with Crippen LogP contribution in [0.5, 0.6) is 0 Å². The standard InChI is InChI=1S/C25H35NO4/c1-12-13-9-14-17-23-8-6-7-22(5)11-26(17)25(29,19(22)23)10-24(14,18(12)27)16(23)15(13)30-20(28)21(2,3)4/h13-19,27,29H,1,6-11H2,2-5H3/t13-,14-,15+,16+,17?,18-,19-,22+,23+,24-,25+/m1/s1. The third-order valence-electron chi connectivity index (χ3n) is 11.2. The summed E-state index contributed by atoms with van der Waals surface area (Å²) in [6.07, 6.45) is 4.20. The van der Waals surface area contributed by atoms with Crippen LogP contribution in [0.2, 0.25) is 0 Å². The highest BCUT2D eigenvalue weighted by atomic mass is 16.5. The summed E-state index contributed by atoms with van der Waals surface area (Å²) in [5.41, 5.74) is -0.814. The molecule has 9 aliphatic rings. The zero-order valence-corrected chi connectivity index (χ0v) is 18.6. The first kappa shape index (κ1) is 18.6. The Morgan fingerprint density at radius 2 is 2.00 bits per heavy atom. The first-order chi connectivity index (χ1) is 13.9. The van der Waals surface area contributed by atoms with Gasteiger partial charge in [0.15, 0.2) is 0 Å².